The van der Waals surface area contributed by atoms with E-state index in [4.69, 9.17) is 11.6 Å². The van der Waals surface area contributed by atoms with Crippen LogP contribution in [-0.2, 0) is 11.8 Å². The highest BCUT2D eigenvalue weighted by atomic mass is 35.5. The first-order valence-electron chi connectivity index (χ1n) is 7.37. The Bertz CT molecular complexity index is 898. The maximum atomic E-state index is 12.9. The van der Waals surface area contributed by atoms with Crippen LogP contribution in [0.15, 0.2) is 53.7 Å². The van der Waals surface area contributed by atoms with Gasteiger partial charge in [0, 0.05) is 18.3 Å². The molecular formula is C17H14ClFN4OS. The Labute approximate surface area is 153 Å². The fraction of sp³-hybridized carbons (Fsp3) is 0.118. The number of carbonyl (C=O) groups excluding carboxylic acids is 1. The number of nitrogens with zero attached hydrogens (tertiary/aromatic N) is 3. The molecule has 0 saturated carbocycles. The van der Waals surface area contributed by atoms with Crippen LogP contribution in [0.1, 0.15) is 0 Å². The van der Waals surface area contributed by atoms with E-state index in [0.29, 0.717) is 21.7 Å². The Hall–Kier alpha value is -2.38. The summed E-state index contributed by atoms with van der Waals surface area (Å²) in [6.07, 6.45) is 0. The fourth-order valence-electron chi connectivity index (χ4n) is 2.18. The Morgan fingerprint density at radius 2 is 1.92 bits per heavy atom. The minimum atomic E-state index is -0.349. The summed E-state index contributed by atoms with van der Waals surface area (Å²) < 4.78 is 14.7. The molecule has 0 aliphatic heterocycles. The minimum Gasteiger partial charge on any atom is -0.325 e. The number of carbonyl (C=O) groups is 1. The van der Waals surface area contributed by atoms with Crippen molar-refractivity contribution in [3.8, 4) is 11.4 Å². The summed E-state index contributed by atoms with van der Waals surface area (Å²) in [5.74, 6) is 0.232. The number of hydrogen-bond donors (Lipinski definition) is 1. The molecule has 0 radical (unpaired) electrons. The Morgan fingerprint density at radius 3 is 2.64 bits per heavy atom. The molecule has 0 fully saturated rings. The number of benzene rings is 2. The molecule has 5 nitrogen and oxygen atoms in total. The van der Waals surface area contributed by atoms with Gasteiger partial charge in [-0.2, -0.15) is 0 Å². The summed E-state index contributed by atoms with van der Waals surface area (Å²) in [6, 6.07) is 13.0. The number of thioether (sulfide) groups is 1. The molecule has 0 unspecified atom stereocenters. The SMILES string of the molecule is Cn1c(SCC(=O)Nc2ccc(F)cc2)nnc1-c1ccccc1Cl. The number of hydrogen-bond acceptors (Lipinski definition) is 4. The average molecular weight is 377 g/mol. The molecule has 1 amide bonds. The summed E-state index contributed by atoms with van der Waals surface area (Å²) in [5.41, 5.74) is 1.32. The number of aromatic nitrogens is 3. The van der Waals surface area contributed by atoms with Gasteiger partial charge in [-0.05, 0) is 36.4 Å². The van der Waals surface area contributed by atoms with Crippen LogP contribution >= 0.6 is 23.4 Å². The smallest absolute Gasteiger partial charge is 0.234 e. The summed E-state index contributed by atoms with van der Waals surface area (Å²) in [7, 11) is 1.82. The lowest BCUT2D eigenvalue weighted by Crippen LogP contribution is -2.14. The van der Waals surface area contributed by atoms with Crippen LogP contribution in [-0.4, -0.2) is 26.4 Å². The summed E-state index contributed by atoms with van der Waals surface area (Å²) >= 11 is 7.45. The van der Waals surface area contributed by atoms with E-state index in [1.807, 2.05) is 25.2 Å². The molecule has 1 N–H and O–H groups in total. The summed E-state index contributed by atoms with van der Waals surface area (Å²) in [6.45, 7) is 0. The van der Waals surface area contributed by atoms with Crippen LogP contribution in [0.2, 0.25) is 5.02 Å². The number of anilines is 1. The second-order valence-electron chi connectivity index (χ2n) is 5.19. The first-order valence-corrected chi connectivity index (χ1v) is 8.73. The molecule has 0 saturated heterocycles. The van der Waals surface area contributed by atoms with E-state index >= 15 is 0 Å². The van der Waals surface area contributed by atoms with Gasteiger partial charge in [-0.3, -0.25) is 4.79 Å². The number of rotatable bonds is 5. The molecular weight excluding hydrogens is 363 g/mol. The van der Waals surface area contributed by atoms with Gasteiger partial charge in [-0.15, -0.1) is 10.2 Å². The molecule has 0 aliphatic rings. The van der Waals surface area contributed by atoms with E-state index in [1.165, 1.54) is 36.0 Å². The molecule has 0 bridgehead atoms. The van der Waals surface area contributed by atoms with Gasteiger partial charge in [0.25, 0.3) is 0 Å². The van der Waals surface area contributed by atoms with Crippen LogP contribution in [0.5, 0.6) is 0 Å². The summed E-state index contributed by atoms with van der Waals surface area (Å²) in [5, 5.41) is 12.2. The second-order valence-corrected chi connectivity index (χ2v) is 6.54. The molecule has 0 spiro atoms. The predicted octanol–water partition coefficient (Wildman–Crippen LogP) is 4.01. The lowest BCUT2D eigenvalue weighted by Gasteiger charge is -2.06. The number of halogens is 2. The minimum absolute atomic E-state index is 0.159. The van der Waals surface area contributed by atoms with Crippen LogP contribution in [0.4, 0.5) is 10.1 Å². The Balaban J connectivity index is 1.65. The van der Waals surface area contributed by atoms with E-state index in [1.54, 1.807) is 10.6 Å². The highest BCUT2D eigenvalue weighted by Crippen LogP contribution is 2.28. The second kappa shape index (κ2) is 7.67. The third kappa shape index (κ3) is 4.18. The molecule has 1 heterocycles. The predicted molar refractivity (Wildman–Crippen MR) is 97.2 cm³/mol. The van der Waals surface area contributed by atoms with Crippen molar-refractivity contribution >= 4 is 35.0 Å². The van der Waals surface area contributed by atoms with Gasteiger partial charge in [-0.25, -0.2) is 4.39 Å². The zero-order valence-corrected chi connectivity index (χ0v) is 14.8. The van der Waals surface area contributed by atoms with Gasteiger partial charge in [0.2, 0.25) is 5.91 Å². The highest BCUT2D eigenvalue weighted by Gasteiger charge is 2.14. The maximum absolute atomic E-state index is 12.9. The van der Waals surface area contributed by atoms with Gasteiger partial charge in [0.1, 0.15) is 5.82 Å². The third-order valence-corrected chi connectivity index (χ3v) is 4.76. The molecule has 1 aromatic heterocycles. The van der Waals surface area contributed by atoms with E-state index in [2.05, 4.69) is 15.5 Å². The molecule has 8 heteroatoms. The topological polar surface area (TPSA) is 59.8 Å². The summed E-state index contributed by atoms with van der Waals surface area (Å²) in [4.78, 5) is 12.0. The molecule has 3 rings (SSSR count). The van der Waals surface area contributed by atoms with Gasteiger partial charge < -0.3 is 9.88 Å². The van der Waals surface area contributed by atoms with Gasteiger partial charge in [0.05, 0.1) is 10.8 Å². The van der Waals surface area contributed by atoms with Crippen LogP contribution in [0.3, 0.4) is 0 Å². The van der Waals surface area contributed by atoms with E-state index in [-0.39, 0.29) is 17.5 Å². The Morgan fingerprint density at radius 1 is 1.20 bits per heavy atom. The quantitative estimate of drug-likeness (QED) is 0.683. The van der Waals surface area contributed by atoms with Gasteiger partial charge in [0.15, 0.2) is 11.0 Å². The van der Waals surface area contributed by atoms with Crippen molar-refractivity contribution in [3.05, 3.63) is 59.4 Å². The van der Waals surface area contributed by atoms with E-state index in [9.17, 15) is 9.18 Å². The van der Waals surface area contributed by atoms with Crippen molar-refractivity contribution in [2.24, 2.45) is 7.05 Å². The third-order valence-electron chi connectivity index (χ3n) is 3.41. The molecule has 0 aliphatic carbocycles. The largest absolute Gasteiger partial charge is 0.325 e. The van der Waals surface area contributed by atoms with Crippen molar-refractivity contribution in [3.63, 3.8) is 0 Å². The fourth-order valence-corrected chi connectivity index (χ4v) is 3.11. The molecule has 0 atom stereocenters. The van der Waals surface area contributed by atoms with Crippen LogP contribution < -0.4 is 5.32 Å². The van der Waals surface area contributed by atoms with Gasteiger partial charge in [-0.1, -0.05) is 35.5 Å². The molecule has 3 aromatic rings. The van der Waals surface area contributed by atoms with Gasteiger partial charge >= 0.3 is 0 Å². The first kappa shape index (κ1) is 17.4. The van der Waals surface area contributed by atoms with Crippen LogP contribution in [0, 0.1) is 5.82 Å². The number of amides is 1. The van der Waals surface area contributed by atoms with Crippen molar-refractivity contribution in [2.75, 3.05) is 11.1 Å². The number of nitrogens with one attached hydrogen (secondary N) is 1. The standard InChI is InChI=1S/C17H14ClFN4OS/c1-23-16(13-4-2-3-5-14(13)18)21-22-17(23)25-10-15(24)20-12-8-6-11(19)7-9-12/h2-9H,10H2,1H3,(H,20,24). The van der Waals surface area contributed by atoms with Crippen LogP contribution in [0.25, 0.3) is 11.4 Å². The van der Waals surface area contributed by atoms with Crippen molar-refractivity contribution in [2.45, 2.75) is 5.16 Å². The molecule has 128 valence electrons. The molecule has 25 heavy (non-hydrogen) atoms. The zero-order chi connectivity index (χ0) is 17.8. The van der Waals surface area contributed by atoms with Crippen molar-refractivity contribution in [1.82, 2.24) is 14.8 Å². The molecule has 2 aromatic carbocycles. The Kier molecular flexibility index (Phi) is 5.35. The zero-order valence-electron chi connectivity index (χ0n) is 13.2. The normalized spacial score (nSPS) is 10.7. The van der Waals surface area contributed by atoms with E-state index in [0.717, 1.165) is 5.56 Å². The maximum Gasteiger partial charge on any atom is 0.234 e. The lowest BCUT2D eigenvalue weighted by molar-refractivity contribution is -0.113. The average Bonchev–Trinajstić information content (AvgIpc) is 2.96. The van der Waals surface area contributed by atoms with E-state index < -0.39 is 0 Å². The van der Waals surface area contributed by atoms with Crippen molar-refractivity contribution < 1.29 is 9.18 Å². The first-order chi connectivity index (χ1) is 12.0. The highest BCUT2D eigenvalue weighted by molar-refractivity contribution is 7.99. The monoisotopic (exact) mass is 376 g/mol. The van der Waals surface area contributed by atoms with Crippen molar-refractivity contribution in [1.29, 1.82) is 0 Å². The lowest BCUT2D eigenvalue weighted by atomic mass is 10.2.